The van der Waals surface area contributed by atoms with Gasteiger partial charge in [0.2, 0.25) is 0 Å². The highest BCUT2D eigenvalue weighted by molar-refractivity contribution is 5.95. The number of hydrogen-bond acceptors (Lipinski definition) is 4. The van der Waals surface area contributed by atoms with Crippen molar-refractivity contribution in [2.75, 3.05) is 18.0 Å². The van der Waals surface area contributed by atoms with E-state index in [9.17, 15) is 4.79 Å². The van der Waals surface area contributed by atoms with Crippen LogP contribution in [-0.4, -0.2) is 31.1 Å². The SMILES string of the molecule is CC1Cc2ccccc2N1Cc1occc1C(=O)NC1CCNC1. The largest absolute Gasteiger partial charge is 0.467 e. The Morgan fingerprint density at radius 1 is 1.38 bits per heavy atom. The van der Waals surface area contributed by atoms with Crippen LogP contribution in [0.5, 0.6) is 0 Å². The van der Waals surface area contributed by atoms with Crippen molar-refractivity contribution in [3.05, 3.63) is 53.5 Å². The molecule has 5 nitrogen and oxygen atoms in total. The lowest BCUT2D eigenvalue weighted by Gasteiger charge is -2.24. The van der Waals surface area contributed by atoms with Crippen LogP contribution in [0.15, 0.2) is 41.0 Å². The lowest BCUT2D eigenvalue weighted by Crippen LogP contribution is -2.37. The van der Waals surface area contributed by atoms with E-state index in [2.05, 4.69) is 46.7 Å². The fraction of sp³-hybridized carbons (Fsp3) is 0.421. The normalized spacial score (nSPS) is 22.6. The van der Waals surface area contributed by atoms with Crippen LogP contribution in [0.4, 0.5) is 5.69 Å². The Hall–Kier alpha value is -2.27. The van der Waals surface area contributed by atoms with Gasteiger partial charge in [-0.15, -0.1) is 0 Å². The van der Waals surface area contributed by atoms with Crippen molar-refractivity contribution in [2.24, 2.45) is 0 Å². The first-order chi connectivity index (χ1) is 11.7. The van der Waals surface area contributed by atoms with Gasteiger partial charge in [-0.2, -0.15) is 0 Å². The van der Waals surface area contributed by atoms with Gasteiger partial charge < -0.3 is 20.0 Å². The van der Waals surface area contributed by atoms with Crippen LogP contribution in [0.3, 0.4) is 0 Å². The highest BCUT2D eigenvalue weighted by Gasteiger charge is 2.28. The minimum Gasteiger partial charge on any atom is -0.467 e. The molecule has 0 aliphatic carbocycles. The first kappa shape index (κ1) is 15.3. The van der Waals surface area contributed by atoms with E-state index in [1.807, 2.05) is 0 Å². The average molecular weight is 325 g/mol. The Labute approximate surface area is 142 Å². The van der Waals surface area contributed by atoms with E-state index in [4.69, 9.17) is 4.42 Å². The first-order valence-electron chi connectivity index (χ1n) is 8.65. The predicted molar refractivity (Wildman–Crippen MR) is 93.2 cm³/mol. The second-order valence-electron chi connectivity index (χ2n) is 6.73. The Morgan fingerprint density at radius 3 is 3.08 bits per heavy atom. The summed E-state index contributed by atoms with van der Waals surface area (Å²) >= 11 is 0. The molecule has 2 aliphatic heterocycles. The number of nitrogens with one attached hydrogen (secondary N) is 2. The van der Waals surface area contributed by atoms with Crippen molar-refractivity contribution in [1.82, 2.24) is 10.6 Å². The van der Waals surface area contributed by atoms with Gasteiger partial charge in [-0.3, -0.25) is 4.79 Å². The highest BCUT2D eigenvalue weighted by atomic mass is 16.3. The van der Waals surface area contributed by atoms with Crippen molar-refractivity contribution in [1.29, 1.82) is 0 Å². The number of amides is 1. The molecule has 0 spiro atoms. The molecule has 2 aromatic rings. The van der Waals surface area contributed by atoms with Gasteiger partial charge in [0.1, 0.15) is 5.76 Å². The number of rotatable bonds is 4. The molecule has 24 heavy (non-hydrogen) atoms. The maximum absolute atomic E-state index is 12.6. The number of para-hydroxylation sites is 1. The molecule has 0 saturated carbocycles. The molecule has 1 aromatic heterocycles. The number of carbonyl (C=O) groups excluding carboxylic acids is 1. The number of hydrogen-bond donors (Lipinski definition) is 2. The van der Waals surface area contributed by atoms with Crippen molar-refractivity contribution in [2.45, 2.75) is 38.4 Å². The highest BCUT2D eigenvalue weighted by Crippen LogP contribution is 2.33. The zero-order chi connectivity index (χ0) is 16.5. The number of nitrogens with zero attached hydrogens (tertiary/aromatic N) is 1. The standard InChI is InChI=1S/C19H23N3O2/c1-13-10-14-4-2-3-5-17(14)22(13)12-18-16(7-9-24-18)19(23)21-15-6-8-20-11-15/h2-5,7,9,13,15,20H,6,8,10-12H2,1H3,(H,21,23). The summed E-state index contributed by atoms with van der Waals surface area (Å²) in [6.45, 7) is 4.64. The maximum atomic E-state index is 12.6. The van der Waals surface area contributed by atoms with E-state index in [0.29, 0.717) is 18.2 Å². The Morgan fingerprint density at radius 2 is 2.25 bits per heavy atom. The van der Waals surface area contributed by atoms with E-state index in [1.54, 1.807) is 12.3 Å². The summed E-state index contributed by atoms with van der Waals surface area (Å²) in [7, 11) is 0. The second-order valence-corrected chi connectivity index (χ2v) is 6.73. The maximum Gasteiger partial charge on any atom is 0.255 e. The Bertz CT molecular complexity index is 734. The summed E-state index contributed by atoms with van der Waals surface area (Å²) in [5, 5.41) is 6.36. The third-order valence-electron chi connectivity index (χ3n) is 5.05. The van der Waals surface area contributed by atoms with Gasteiger partial charge in [0, 0.05) is 24.3 Å². The van der Waals surface area contributed by atoms with Crippen molar-refractivity contribution >= 4 is 11.6 Å². The van der Waals surface area contributed by atoms with E-state index in [0.717, 1.165) is 31.7 Å². The summed E-state index contributed by atoms with van der Waals surface area (Å²) < 4.78 is 5.66. The van der Waals surface area contributed by atoms with Gasteiger partial charge in [-0.05, 0) is 44.0 Å². The molecule has 2 atom stereocenters. The minimum atomic E-state index is -0.0346. The van der Waals surface area contributed by atoms with E-state index >= 15 is 0 Å². The molecule has 2 N–H and O–H groups in total. The molecular formula is C19H23N3O2. The molecule has 5 heteroatoms. The summed E-state index contributed by atoms with van der Waals surface area (Å²) in [5.74, 6) is 0.703. The second kappa shape index (κ2) is 6.32. The summed E-state index contributed by atoms with van der Waals surface area (Å²) in [6.07, 6.45) is 3.63. The van der Waals surface area contributed by atoms with Crippen molar-refractivity contribution < 1.29 is 9.21 Å². The van der Waals surface area contributed by atoms with Crippen LogP contribution in [0.2, 0.25) is 0 Å². The summed E-state index contributed by atoms with van der Waals surface area (Å²) in [5.41, 5.74) is 3.26. The third kappa shape index (κ3) is 2.80. The van der Waals surface area contributed by atoms with Gasteiger partial charge in [-0.25, -0.2) is 0 Å². The topological polar surface area (TPSA) is 57.5 Å². The van der Waals surface area contributed by atoms with Gasteiger partial charge in [0.05, 0.1) is 18.4 Å². The predicted octanol–water partition coefficient (Wildman–Crippen LogP) is 2.32. The van der Waals surface area contributed by atoms with Gasteiger partial charge in [-0.1, -0.05) is 18.2 Å². The van der Waals surface area contributed by atoms with E-state index in [-0.39, 0.29) is 11.9 Å². The molecule has 0 bridgehead atoms. The summed E-state index contributed by atoms with van der Waals surface area (Å²) in [4.78, 5) is 14.9. The van der Waals surface area contributed by atoms with Gasteiger partial charge in [0.15, 0.2) is 0 Å². The Kier molecular flexibility index (Phi) is 4.02. The molecule has 3 heterocycles. The van der Waals surface area contributed by atoms with Crippen LogP contribution >= 0.6 is 0 Å². The molecule has 1 saturated heterocycles. The quantitative estimate of drug-likeness (QED) is 0.906. The third-order valence-corrected chi connectivity index (χ3v) is 5.05. The molecule has 1 aromatic carbocycles. The average Bonchev–Trinajstić information content (AvgIpc) is 3.29. The first-order valence-corrected chi connectivity index (χ1v) is 8.65. The van der Waals surface area contributed by atoms with Crippen molar-refractivity contribution in [3.63, 3.8) is 0 Å². The summed E-state index contributed by atoms with van der Waals surface area (Å²) in [6, 6.07) is 10.9. The number of fused-ring (bicyclic) bond motifs is 1. The lowest BCUT2D eigenvalue weighted by molar-refractivity contribution is 0.0938. The molecule has 4 rings (SSSR count). The molecule has 126 valence electrons. The molecular weight excluding hydrogens is 302 g/mol. The van der Waals surface area contributed by atoms with Gasteiger partial charge in [0.25, 0.3) is 5.91 Å². The fourth-order valence-electron chi connectivity index (χ4n) is 3.73. The van der Waals surface area contributed by atoms with Crippen LogP contribution in [0, 0.1) is 0 Å². The fourth-order valence-corrected chi connectivity index (χ4v) is 3.73. The van der Waals surface area contributed by atoms with Crippen LogP contribution in [-0.2, 0) is 13.0 Å². The lowest BCUT2D eigenvalue weighted by atomic mass is 10.1. The molecule has 2 unspecified atom stereocenters. The molecule has 0 radical (unpaired) electrons. The smallest absolute Gasteiger partial charge is 0.255 e. The zero-order valence-corrected chi connectivity index (χ0v) is 13.9. The van der Waals surface area contributed by atoms with Crippen LogP contribution in [0.25, 0.3) is 0 Å². The van der Waals surface area contributed by atoms with E-state index in [1.165, 1.54) is 11.3 Å². The number of furan rings is 1. The van der Waals surface area contributed by atoms with Gasteiger partial charge >= 0.3 is 0 Å². The minimum absolute atomic E-state index is 0.0346. The Balaban J connectivity index is 1.52. The van der Waals surface area contributed by atoms with E-state index < -0.39 is 0 Å². The van der Waals surface area contributed by atoms with Crippen LogP contribution < -0.4 is 15.5 Å². The molecule has 2 aliphatic rings. The molecule has 1 amide bonds. The number of carbonyl (C=O) groups is 1. The zero-order valence-electron chi connectivity index (χ0n) is 13.9. The van der Waals surface area contributed by atoms with Crippen molar-refractivity contribution in [3.8, 4) is 0 Å². The van der Waals surface area contributed by atoms with Crippen LogP contribution in [0.1, 0.15) is 35.0 Å². The molecule has 1 fully saturated rings. The number of anilines is 1. The monoisotopic (exact) mass is 325 g/mol. The number of benzene rings is 1.